The number of aliphatic hydroxyl groups excluding tert-OH is 1. The van der Waals surface area contributed by atoms with E-state index in [9.17, 15) is 9.90 Å². The first-order valence-electron chi connectivity index (χ1n) is 10.6. The van der Waals surface area contributed by atoms with Gasteiger partial charge in [-0.25, -0.2) is 9.97 Å². The van der Waals surface area contributed by atoms with Gasteiger partial charge in [0.15, 0.2) is 0 Å². The molecule has 0 bridgehead atoms. The lowest BCUT2D eigenvalue weighted by Crippen LogP contribution is -2.15. The molecule has 1 aliphatic carbocycles. The van der Waals surface area contributed by atoms with E-state index >= 15 is 0 Å². The van der Waals surface area contributed by atoms with Crippen molar-refractivity contribution in [3.05, 3.63) is 78.2 Å². The Hall–Kier alpha value is -3.84. The molecule has 1 amide bonds. The number of carbonyl (C=O) groups is 1. The lowest BCUT2D eigenvalue weighted by atomic mass is 10.0. The monoisotopic (exact) mass is 425 g/mol. The van der Waals surface area contributed by atoms with Crippen molar-refractivity contribution >= 4 is 28.3 Å². The fourth-order valence-electron chi connectivity index (χ4n) is 4.16. The molecule has 5 rings (SSSR count). The summed E-state index contributed by atoms with van der Waals surface area (Å²) in [6.07, 6.45) is 6.54. The normalized spacial score (nSPS) is 17.3. The molecule has 4 aromatic rings. The van der Waals surface area contributed by atoms with Crippen LogP contribution in [0.2, 0.25) is 0 Å². The Morgan fingerprint density at radius 2 is 2.03 bits per heavy atom. The third-order valence-corrected chi connectivity index (χ3v) is 5.91. The molecule has 0 radical (unpaired) electrons. The number of nitrogen functional groups attached to an aromatic ring is 1. The maximum absolute atomic E-state index is 12.7. The molecule has 1 aliphatic rings. The number of anilines is 2. The summed E-state index contributed by atoms with van der Waals surface area (Å²) in [5.74, 6) is 0.958. The Morgan fingerprint density at radius 3 is 2.84 bits per heavy atom. The molecule has 3 heterocycles. The fraction of sp³-hybridized carbons (Fsp3) is 0.200. The van der Waals surface area contributed by atoms with Crippen LogP contribution in [0.5, 0.6) is 0 Å². The Balaban J connectivity index is 1.41. The first-order chi connectivity index (χ1) is 15.6. The van der Waals surface area contributed by atoms with E-state index in [0.29, 0.717) is 18.1 Å². The summed E-state index contributed by atoms with van der Waals surface area (Å²) in [4.78, 5) is 25.8. The van der Waals surface area contributed by atoms with Crippen molar-refractivity contribution in [3.8, 4) is 11.3 Å². The number of benzene rings is 1. The molecule has 0 spiro atoms. The number of aliphatic hydroxyl groups is 1. The molecule has 160 valence electrons. The maximum atomic E-state index is 12.7. The minimum Gasteiger partial charge on any atom is -0.396 e. The lowest BCUT2D eigenvalue weighted by molar-refractivity contribution is -0.117. The van der Waals surface area contributed by atoms with Gasteiger partial charge in [-0.1, -0.05) is 30.3 Å². The first-order valence-corrected chi connectivity index (χ1v) is 10.6. The Kier molecular flexibility index (Phi) is 5.25. The van der Waals surface area contributed by atoms with Gasteiger partial charge in [0.05, 0.1) is 5.69 Å². The number of hydrogen-bond donors (Lipinski definition) is 3. The van der Waals surface area contributed by atoms with Crippen molar-refractivity contribution in [1.29, 1.82) is 0 Å². The fourth-order valence-corrected chi connectivity index (χ4v) is 4.16. The zero-order valence-electron chi connectivity index (χ0n) is 17.4. The highest BCUT2D eigenvalue weighted by Crippen LogP contribution is 2.47. The highest BCUT2D eigenvalue weighted by atomic mass is 16.3. The van der Waals surface area contributed by atoms with Crippen LogP contribution in [-0.4, -0.2) is 32.6 Å². The van der Waals surface area contributed by atoms with Crippen molar-refractivity contribution in [3.63, 3.8) is 0 Å². The van der Waals surface area contributed by atoms with E-state index in [-0.39, 0.29) is 24.3 Å². The molecule has 4 N–H and O–H groups in total. The molecule has 1 saturated carbocycles. The van der Waals surface area contributed by atoms with Crippen LogP contribution in [0.3, 0.4) is 0 Å². The lowest BCUT2D eigenvalue weighted by Gasteiger charge is -2.11. The van der Waals surface area contributed by atoms with E-state index in [2.05, 4.69) is 20.3 Å². The smallest absolute Gasteiger partial charge is 0.229 e. The third kappa shape index (κ3) is 3.90. The van der Waals surface area contributed by atoms with Crippen molar-refractivity contribution in [2.75, 3.05) is 17.7 Å². The molecular formula is C25H23N5O2. The molecule has 7 nitrogen and oxygen atoms in total. The molecule has 1 aromatic carbocycles. The number of nitrogens with one attached hydrogen (secondary N) is 1. The van der Waals surface area contributed by atoms with Crippen LogP contribution in [0.1, 0.15) is 23.5 Å². The second-order valence-electron chi connectivity index (χ2n) is 8.04. The molecule has 32 heavy (non-hydrogen) atoms. The highest BCUT2D eigenvalue weighted by Gasteiger charge is 2.44. The van der Waals surface area contributed by atoms with Crippen molar-refractivity contribution in [2.45, 2.75) is 18.8 Å². The van der Waals surface area contributed by atoms with Gasteiger partial charge in [0.2, 0.25) is 5.91 Å². The number of hydrogen-bond acceptors (Lipinski definition) is 6. The van der Waals surface area contributed by atoms with Gasteiger partial charge in [0.1, 0.15) is 11.6 Å². The van der Waals surface area contributed by atoms with Crippen LogP contribution in [0.15, 0.2) is 67.1 Å². The molecule has 3 aromatic heterocycles. The van der Waals surface area contributed by atoms with Gasteiger partial charge in [-0.3, -0.25) is 9.78 Å². The van der Waals surface area contributed by atoms with Gasteiger partial charge in [0.25, 0.3) is 0 Å². The number of rotatable bonds is 6. The summed E-state index contributed by atoms with van der Waals surface area (Å²) in [7, 11) is 0. The topological polar surface area (TPSA) is 114 Å². The highest BCUT2D eigenvalue weighted by molar-refractivity contribution is 5.98. The summed E-state index contributed by atoms with van der Waals surface area (Å²) in [5.41, 5.74) is 9.95. The zero-order chi connectivity index (χ0) is 22.1. The zero-order valence-corrected chi connectivity index (χ0v) is 17.4. The minimum atomic E-state index is -0.0693. The maximum Gasteiger partial charge on any atom is 0.229 e. The third-order valence-electron chi connectivity index (χ3n) is 5.91. The number of nitrogens with two attached hydrogens (primary N) is 1. The van der Waals surface area contributed by atoms with Gasteiger partial charge in [-0.05, 0) is 53.5 Å². The molecule has 0 aliphatic heterocycles. The van der Waals surface area contributed by atoms with Crippen LogP contribution >= 0.6 is 0 Å². The van der Waals surface area contributed by atoms with E-state index in [4.69, 9.17) is 5.73 Å². The summed E-state index contributed by atoms with van der Waals surface area (Å²) in [5, 5.41) is 13.9. The summed E-state index contributed by atoms with van der Waals surface area (Å²) in [6.45, 7) is 0.0569. The Labute approximate surface area is 185 Å². The Bertz CT molecular complexity index is 1290. The molecule has 1 fully saturated rings. The van der Waals surface area contributed by atoms with Crippen molar-refractivity contribution in [1.82, 2.24) is 15.0 Å². The van der Waals surface area contributed by atoms with Gasteiger partial charge in [-0.2, -0.15) is 0 Å². The van der Waals surface area contributed by atoms with Crippen LogP contribution in [-0.2, 0) is 11.2 Å². The van der Waals surface area contributed by atoms with Crippen LogP contribution in [0.4, 0.5) is 11.6 Å². The number of aromatic nitrogens is 3. The second kappa shape index (κ2) is 8.36. The number of pyridine rings is 3. The summed E-state index contributed by atoms with van der Waals surface area (Å²) >= 11 is 0. The standard InChI is InChI=1S/C25H23N5O2/c26-24-21-14-28-23(30-25(32)20-12-19(20)16-5-3-8-27-13-16)11-17(21)10-22(29-24)18-6-2-1-4-15(18)7-9-31/h1-6,8,10-11,13-14,19-20,31H,7,9,12H2,(H2,26,29)(H,28,30,32)/t19-,20+/m1/s1. The number of amides is 1. The number of carbonyl (C=O) groups excluding carboxylic acids is 1. The van der Waals surface area contributed by atoms with Gasteiger partial charge < -0.3 is 16.2 Å². The Morgan fingerprint density at radius 1 is 1.16 bits per heavy atom. The SMILES string of the molecule is Nc1nc(-c2ccccc2CCO)cc2cc(NC(=O)[C@H]3C[C@@H]3c3cccnc3)ncc12. The van der Waals surface area contributed by atoms with Crippen LogP contribution in [0.25, 0.3) is 22.0 Å². The average Bonchev–Trinajstić information content (AvgIpc) is 3.61. The molecule has 7 heteroatoms. The summed E-state index contributed by atoms with van der Waals surface area (Å²) < 4.78 is 0. The van der Waals surface area contributed by atoms with Crippen LogP contribution < -0.4 is 11.1 Å². The quantitative estimate of drug-likeness (QED) is 0.435. The molecular weight excluding hydrogens is 402 g/mol. The molecule has 0 saturated heterocycles. The first kappa shape index (κ1) is 20.1. The van der Waals surface area contributed by atoms with Crippen molar-refractivity contribution in [2.24, 2.45) is 5.92 Å². The van der Waals surface area contributed by atoms with Gasteiger partial charge in [-0.15, -0.1) is 0 Å². The van der Waals surface area contributed by atoms with Gasteiger partial charge >= 0.3 is 0 Å². The second-order valence-corrected chi connectivity index (χ2v) is 8.04. The van der Waals surface area contributed by atoms with E-state index in [1.54, 1.807) is 12.4 Å². The largest absolute Gasteiger partial charge is 0.396 e. The minimum absolute atomic E-state index is 0.0405. The predicted octanol–water partition coefficient (Wildman–Crippen LogP) is 3.55. The molecule has 2 atom stereocenters. The van der Waals surface area contributed by atoms with E-state index in [1.807, 2.05) is 54.7 Å². The van der Waals surface area contributed by atoms with Gasteiger partial charge in [0, 0.05) is 42.1 Å². The predicted molar refractivity (Wildman–Crippen MR) is 124 cm³/mol. The summed E-state index contributed by atoms with van der Waals surface area (Å²) in [6, 6.07) is 15.5. The molecule has 0 unspecified atom stereocenters. The average molecular weight is 425 g/mol. The van der Waals surface area contributed by atoms with Crippen molar-refractivity contribution < 1.29 is 9.90 Å². The number of nitrogens with zero attached hydrogens (tertiary/aromatic N) is 3. The van der Waals surface area contributed by atoms with Crippen LogP contribution in [0, 0.1) is 5.92 Å². The number of fused-ring (bicyclic) bond motifs is 1. The van der Waals surface area contributed by atoms with E-state index < -0.39 is 0 Å². The van der Waals surface area contributed by atoms with E-state index in [0.717, 1.165) is 39.6 Å². The van der Waals surface area contributed by atoms with E-state index in [1.165, 1.54) is 0 Å².